The molecule has 28 heavy (non-hydrogen) atoms. The van der Waals surface area contributed by atoms with Crippen LogP contribution in [-0.2, 0) is 4.79 Å². The van der Waals surface area contributed by atoms with Crippen LogP contribution in [0.3, 0.4) is 0 Å². The highest BCUT2D eigenvalue weighted by molar-refractivity contribution is 6.15. The number of nitrogens with zero attached hydrogens (tertiary/aromatic N) is 2. The Hall–Kier alpha value is -2.86. The van der Waals surface area contributed by atoms with Crippen LogP contribution in [0.15, 0.2) is 64.5 Å². The summed E-state index contributed by atoms with van der Waals surface area (Å²) in [4.78, 5) is 29.8. The predicted octanol–water partition coefficient (Wildman–Crippen LogP) is 3.34. The predicted molar refractivity (Wildman–Crippen MR) is 104 cm³/mol. The van der Waals surface area contributed by atoms with Crippen LogP contribution in [0.25, 0.3) is 0 Å². The summed E-state index contributed by atoms with van der Waals surface area (Å²) in [5.74, 6) is -1.31. The number of hydrogen-bond donors (Lipinski definition) is 1. The Kier molecular flexibility index (Phi) is 5.30. The Bertz CT molecular complexity index is 867. The number of likely N-dealkylation sites (tertiary alicyclic amines) is 1. The molecule has 1 N–H and O–H groups in total. The first-order valence-corrected chi connectivity index (χ1v) is 9.76. The number of carbonyl (C=O) groups is 2. The number of carbonyl (C=O) groups excluding carboxylic acids is 2. The van der Waals surface area contributed by atoms with Crippen molar-refractivity contribution in [3.8, 4) is 0 Å². The normalized spacial score (nSPS) is 20.8. The lowest BCUT2D eigenvalue weighted by atomic mass is 9.95. The van der Waals surface area contributed by atoms with E-state index in [-0.39, 0.29) is 11.3 Å². The highest BCUT2D eigenvalue weighted by Crippen LogP contribution is 2.38. The van der Waals surface area contributed by atoms with E-state index in [1.807, 2.05) is 30.3 Å². The van der Waals surface area contributed by atoms with Crippen LogP contribution in [0.1, 0.15) is 41.4 Å². The first-order valence-electron chi connectivity index (χ1n) is 9.76. The minimum atomic E-state index is -0.615. The third-order valence-electron chi connectivity index (χ3n) is 5.51. The summed E-state index contributed by atoms with van der Waals surface area (Å²) in [5, 5.41) is 10.6. The minimum absolute atomic E-state index is 0.0878. The molecule has 3 heterocycles. The monoisotopic (exact) mass is 380 g/mol. The van der Waals surface area contributed by atoms with Gasteiger partial charge in [-0.1, -0.05) is 36.8 Å². The Morgan fingerprint density at radius 2 is 1.79 bits per heavy atom. The van der Waals surface area contributed by atoms with Gasteiger partial charge >= 0.3 is 0 Å². The van der Waals surface area contributed by atoms with Crippen LogP contribution in [0.2, 0.25) is 0 Å². The number of amides is 1. The first-order chi connectivity index (χ1) is 13.7. The van der Waals surface area contributed by atoms with Crippen LogP contribution >= 0.6 is 0 Å². The molecule has 0 aliphatic carbocycles. The molecule has 2 aliphatic heterocycles. The molecule has 1 atom stereocenters. The zero-order chi connectivity index (χ0) is 19.5. The average molecular weight is 380 g/mol. The Morgan fingerprint density at radius 3 is 2.46 bits per heavy atom. The largest absolute Gasteiger partial charge is 0.503 e. The molecule has 1 saturated heterocycles. The molecule has 2 aliphatic rings. The molecule has 0 saturated carbocycles. The summed E-state index contributed by atoms with van der Waals surface area (Å²) in [6, 6.07) is 11.9. The summed E-state index contributed by atoms with van der Waals surface area (Å²) >= 11 is 0. The van der Waals surface area contributed by atoms with E-state index in [1.165, 1.54) is 25.5 Å². The highest BCUT2D eigenvalue weighted by Gasteiger charge is 2.44. The number of ketones is 1. The average Bonchev–Trinajstić information content (AvgIpc) is 3.36. The van der Waals surface area contributed by atoms with Gasteiger partial charge in [-0.15, -0.1) is 0 Å². The number of piperidine rings is 1. The van der Waals surface area contributed by atoms with Crippen LogP contribution < -0.4 is 0 Å². The van der Waals surface area contributed by atoms with Crippen LogP contribution in [0.4, 0.5) is 0 Å². The fraction of sp³-hybridized carbons (Fsp3) is 0.364. The molecule has 0 bridgehead atoms. The van der Waals surface area contributed by atoms with Gasteiger partial charge in [-0.2, -0.15) is 0 Å². The van der Waals surface area contributed by atoms with Gasteiger partial charge in [-0.25, -0.2) is 0 Å². The number of rotatable bonds is 6. The second-order valence-electron chi connectivity index (χ2n) is 7.28. The molecule has 6 heteroatoms. The van der Waals surface area contributed by atoms with Crippen molar-refractivity contribution in [3.63, 3.8) is 0 Å². The summed E-state index contributed by atoms with van der Waals surface area (Å²) in [6.45, 7) is 3.23. The Balaban J connectivity index is 1.64. The fourth-order valence-corrected chi connectivity index (χ4v) is 4.07. The minimum Gasteiger partial charge on any atom is -0.503 e. The third-order valence-corrected chi connectivity index (χ3v) is 5.51. The molecule has 0 spiro atoms. The zero-order valence-electron chi connectivity index (χ0n) is 15.7. The van der Waals surface area contributed by atoms with Crippen LogP contribution in [0, 0.1) is 0 Å². The summed E-state index contributed by atoms with van der Waals surface area (Å²) < 4.78 is 5.23. The first kappa shape index (κ1) is 18.5. The van der Waals surface area contributed by atoms with Gasteiger partial charge in [0.1, 0.15) is 0 Å². The van der Waals surface area contributed by atoms with Gasteiger partial charge in [0.25, 0.3) is 5.91 Å². The molecule has 0 radical (unpaired) electrons. The van der Waals surface area contributed by atoms with E-state index < -0.39 is 23.5 Å². The van der Waals surface area contributed by atoms with Gasteiger partial charge in [-0.3, -0.25) is 9.59 Å². The van der Waals surface area contributed by atoms with Crippen molar-refractivity contribution in [1.82, 2.24) is 9.80 Å². The summed E-state index contributed by atoms with van der Waals surface area (Å²) in [5.41, 5.74) is 0.887. The van der Waals surface area contributed by atoms with E-state index in [4.69, 9.17) is 4.42 Å². The Morgan fingerprint density at radius 1 is 1.04 bits per heavy atom. The molecule has 1 unspecified atom stereocenters. The topological polar surface area (TPSA) is 74.0 Å². The van der Waals surface area contributed by atoms with E-state index in [9.17, 15) is 14.7 Å². The zero-order valence-corrected chi connectivity index (χ0v) is 15.7. The number of aliphatic hydroxyl groups excluding tert-OH is 1. The van der Waals surface area contributed by atoms with E-state index in [1.54, 1.807) is 17.0 Å². The van der Waals surface area contributed by atoms with Crippen molar-refractivity contribution in [2.75, 3.05) is 26.2 Å². The number of Topliss-reactive ketones (excluding diaryl/α,β-unsaturated/α-hetero) is 1. The molecule has 1 amide bonds. The van der Waals surface area contributed by atoms with Crippen LogP contribution in [-0.4, -0.2) is 52.8 Å². The number of aliphatic hydroxyl groups is 1. The standard InChI is InChI=1S/C22H24N2O4/c25-20(17-10-7-15-28-17)18-19(16-8-3-1-4-9-16)24(22(27)21(18)26)14-13-23-11-5-2-6-12-23/h1,3-4,7-10,15,19,26H,2,5-6,11-14H2. The summed E-state index contributed by atoms with van der Waals surface area (Å²) in [6.07, 6.45) is 4.99. The van der Waals surface area contributed by atoms with Crippen molar-refractivity contribution >= 4 is 11.7 Å². The second-order valence-corrected chi connectivity index (χ2v) is 7.28. The van der Waals surface area contributed by atoms with E-state index >= 15 is 0 Å². The second kappa shape index (κ2) is 8.02. The number of hydrogen-bond acceptors (Lipinski definition) is 5. The smallest absolute Gasteiger partial charge is 0.290 e. The number of furan rings is 1. The molecule has 2 aromatic rings. The van der Waals surface area contributed by atoms with Crippen molar-refractivity contribution in [3.05, 3.63) is 71.4 Å². The lowest BCUT2D eigenvalue weighted by Gasteiger charge is -2.31. The number of benzene rings is 1. The molecular formula is C22H24N2O4. The molecule has 1 fully saturated rings. The van der Waals surface area contributed by atoms with Crippen LogP contribution in [0.5, 0.6) is 0 Å². The van der Waals surface area contributed by atoms with Gasteiger partial charge in [0.2, 0.25) is 5.78 Å². The molecular weight excluding hydrogens is 356 g/mol. The maximum atomic E-state index is 13.0. The van der Waals surface area contributed by atoms with Gasteiger partial charge < -0.3 is 19.3 Å². The van der Waals surface area contributed by atoms with Gasteiger partial charge in [-0.05, 0) is 43.6 Å². The van der Waals surface area contributed by atoms with E-state index in [0.717, 1.165) is 25.2 Å². The van der Waals surface area contributed by atoms with Gasteiger partial charge in [0.05, 0.1) is 17.9 Å². The van der Waals surface area contributed by atoms with E-state index in [2.05, 4.69) is 4.90 Å². The third kappa shape index (κ3) is 3.47. The summed E-state index contributed by atoms with van der Waals surface area (Å²) in [7, 11) is 0. The quantitative estimate of drug-likeness (QED) is 0.778. The van der Waals surface area contributed by atoms with Crippen molar-refractivity contribution in [2.24, 2.45) is 0 Å². The SMILES string of the molecule is O=C(C1=C(O)C(=O)N(CCN2CCCCC2)C1c1ccccc1)c1ccco1. The maximum Gasteiger partial charge on any atom is 0.290 e. The van der Waals surface area contributed by atoms with Gasteiger partial charge in [0, 0.05) is 13.1 Å². The fourth-order valence-electron chi connectivity index (χ4n) is 4.07. The lowest BCUT2D eigenvalue weighted by molar-refractivity contribution is -0.129. The molecule has 1 aromatic heterocycles. The molecule has 4 rings (SSSR count). The maximum absolute atomic E-state index is 13.0. The van der Waals surface area contributed by atoms with Crippen molar-refractivity contribution < 1.29 is 19.1 Å². The van der Waals surface area contributed by atoms with Crippen molar-refractivity contribution in [2.45, 2.75) is 25.3 Å². The Labute approximate surface area is 164 Å². The molecule has 1 aromatic carbocycles. The van der Waals surface area contributed by atoms with E-state index in [0.29, 0.717) is 6.54 Å². The highest BCUT2D eigenvalue weighted by atomic mass is 16.3. The molecule has 146 valence electrons. The lowest BCUT2D eigenvalue weighted by Crippen LogP contribution is -2.40. The molecule has 6 nitrogen and oxygen atoms in total. The van der Waals surface area contributed by atoms with Gasteiger partial charge in [0.15, 0.2) is 11.5 Å². The van der Waals surface area contributed by atoms with Crippen molar-refractivity contribution in [1.29, 1.82) is 0 Å².